The lowest BCUT2D eigenvalue weighted by molar-refractivity contribution is -0.108. The quantitative estimate of drug-likeness (QED) is 0.708. The average Bonchev–Trinajstić information content (AvgIpc) is 2.16. The first-order valence-corrected chi connectivity index (χ1v) is 5.19. The molecule has 0 saturated heterocycles. The summed E-state index contributed by atoms with van der Waals surface area (Å²) in [6.45, 7) is 6.20. The van der Waals surface area contributed by atoms with Crippen molar-refractivity contribution in [2.45, 2.75) is 33.1 Å². The molecule has 1 aromatic rings. The van der Waals surface area contributed by atoms with Crippen molar-refractivity contribution in [1.29, 1.82) is 0 Å². The number of hydrogen-bond donors (Lipinski definition) is 0. The second kappa shape index (κ2) is 4.96. The summed E-state index contributed by atoms with van der Waals surface area (Å²) in [7, 11) is 1.67. The van der Waals surface area contributed by atoms with Gasteiger partial charge < -0.3 is 9.53 Å². The van der Waals surface area contributed by atoms with Crippen LogP contribution in [0.5, 0.6) is 5.75 Å². The third-order valence-corrected chi connectivity index (χ3v) is 2.75. The summed E-state index contributed by atoms with van der Waals surface area (Å²) in [4.78, 5) is 10.5. The summed E-state index contributed by atoms with van der Waals surface area (Å²) < 4.78 is 5.20. The maximum absolute atomic E-state index is 10.5. The lowest BCUT2D eigenvalue weighted by Crippen LogP contribution is -2.01. The van der Waals surface area contributed by atoms with Crippen molar-refractivity contribution in [3.63, 3.8) is 0 Å². The molecule has 0 saturated carbocycles. The molecule has 0 N–H and O–H groups in total. The lowest BCUT2D eigenvalue weighted by atomic mass is 9.90. The summed E-state index contributed by atoms with van der Waals surface area (Å²) in [6.07, 6.45) is 1.56. The van der Waals surface area contributed by atoms with E-state index in [0.717, 1.165) is 12.0 Å². The standard InChI is InChI=1S/C13H18O2/c1-9(5-6-14)13-10(2)7-12(15-4)8-11(13)3/h6-9H,5H2,1-4H3. The van der Waals surface area contributed by atoms with Crippen LogP contribution in [0.15, 0.2) is 12.1 Å². The van der Waals surface area contributed by atoms with Crippen LogP contribution in [-0.2, 0) is 4.79 Å². The average molecular weight is 206 g/mol. The van der Waals surface area contributed by atoms with Gasteiger partial charge in [-0.2, -0.15) is 0 Å². The van der Waals surface area contributed by atoms with Crippen LogP contribution in [0, 0.1) is 13.8 Å². The predicted octanol–water partition coefficient (Wildman–Crippen LogP) is 3.00. The van der Waals surface area contributed by atoms with Crippen LogP contribution in [0.2, 0.25) is 0 Å². The Morgan fingerprint density at radius 1 is 1.33 bits per heavy atom. The van der Waals surface area contributed by atoms with Gasteiger partial charge in [0.25, 0.3) is 0 Å². The summed E-state index contributed by atoms with van der Waals surface area (Å²) in [5.74, 6) is 1.17. The van der Waals surface area contributed by atoms with Gasteiger partial charge in [-0.25, -0.2) is 0 Å². The Bertz CT molecular complexity index is 333. The Kier molecular flexibility index (Phi) is 3.89. The van der Waals surface area contributed by atoms with E-state index < -0.39 is 0 Å². The highest BCUT2D eigenvalue weighted by atomic mass is 16.5. The van der Waals surface area contributed by atoms with Gasteiger partial charge >= 0.3 is 0 Å². The number of carbonyl (C=O) groups excluding carboxylic acids is 1. The van der Waals surface area contributed by atoms with E-state index in [-0.39, 0.29) is 5.92 Å². The Hall–Kier alpha value is -1.31. The van der Waals surface area contributed by atoms with Crippen molar-refractivity contribution in [2.75, 3.05) is 7.11 Å². The van der Waals surface area contributed by atoms with E-state index in [4.69, 9.17) is 4.74 Å². The second-order valence-electron chi connectivity index (χ2n) is 3.98. The van der Waals surface area contributed by atoms with Crippen LogP contribution in [0.25, 0.3) is 0 Å². The highest BCUT2D eigenvalue weighted by Crippen LogP contribution is 2.29. The van der Waals surface area contributed by atoms with Crippen molar-refractivity contribution in [1.82, 2.24) is 0 Å². The fraction of sp³-hybridized carbons (Fsp3) is 0.462. The van der Waals surface area contributed by atoms with E-state index in [1.165, 1.54) is 16.7 Å². The predicted molar refractivity (Wildman–Crippen MR) is 61.6 cm³/mol. The van der Waals surface area contributed by atoms with E-state index >= 15 is 0 Å². The molecule has 2 nitrogen and oxygen atoms in total. The molecule has 0 aliphatic rings. The molecule has 0 bridgehead atoms. The summed E-state index contributed by atoms with van der Waals surface area (Å²) in [5.41, 5.74) is 3.66. The third-order valence-electron chi connectivity index (χ3n) is 2.75. The minimum atomic E-state index is 0.286. The molecule has 15 heavy (non-hydrogen) atoms. The largest absolute Gasteiger partial charge is 0.497 e. The molecule has 0 fully saturated rings. The highest BCUT2D eigenvalue weighted by Gasteiger charge is 2.12. The van der Waals surface area contributed by atoms with Gasteiger partial charge in [0.1, 0.15) is 12.0 Å². The van der Waals surface area contributed by atoms with Gasteiger partial charge in [0.05, 0.1) is 7.11 Å². The number of carbonyl (C=O) groups is 1. The normalized spacial score (nSPS) is 12.3. The van der Waals surface area contributed by atoms with Gasteiger partial charge in [0, 0.05) is 6.42 Å². The Balaban J connectivity index is 3.12. The molecule has 0 aliphatic heterocycles. The molecule has 2 heteroatoms. The zero-order valence-electron chi connectivity index (χ0n) is 9.83. The van der Waals surface area contributed by atoms with Gasteiger partial charge in [0.15, 0.2) is 0 Å². The fourth-order valence-electron chi connectivity index (χ4n) is 2.09. The van der Waals surface area contributed by atoms with E-state index in [2.05, 4.69) is 20.8 Å². The van der Waals surface area contributed by atoms with Crippen LogP contribution in [-0.4, -0.2) is 13.4 Å². The van der Waals surface area contributed by atoms with Crippen LogP contribution < -0.4 is 4.74 Å². The molecular weight excluding hydrogens is 188 g/mol. The van der Waals surface area contributed by atoms with Gasteiger partial charge in [0.2, 0.25) is 0 Å². The van der Waals surface area contributed by atoms with E-state index in [9.17, 15) is 4.79 Å². The van der Waals surface area contributed by atoms with Gasteiger partial charge in [-0.3, -0.25) is 0 Å². The molecule has 1 atom stereocenters. The molecule has 1 rings (SSSR count). The van der Waals surface area contributed by atoms with Gasteiger partial charge in [-0.15, -0.1) is 0 Å². The zero-order valence-corrected chi connectivity index (χ0v) is 9.83. The van der Waals surface area contributed by atoms with E-state index in [1.54, 1.807) is 7.11 Å². The van der Waals surface area contributed by atoms with Crippen LogP contribution in [0.4, 0.5) is 0 Å². The van der Waals surface area contributed by atoms with Crippen molar-refractivity contribution < 1.29 is 9.53 Å². The summed E-state index contributed by atoms with van der Waals surface area (Å²) in [6, 6.07) is 4.03. The monoisotopic (exact) mass is 206 g/mol. The van der Waals surface area contributed by atoms with Gasteiger partial charge in [-0.05, 0) is 48.6 Å². The van der Waals surface area contributed by atoms with E-state index in [1.807, 2.05) is 12.1 Å². The first-order valence-electron chi connectivity index (χ1n) is 5.19. The molecular formula is C13H18O2. The number of ether oxygens (including phenoxy) is 1. The summed E-state index contributed by atoms with van der Waals surface area (Å²) >= 11 is 0. The molecule has 1 unspecified atom stereocenters. The van der Waals surface area contributed by atoms with Crippen molar-refractivity contribution >= 4 is 6.29 Å². The number of benzene rings is 1. The second-order valence-corrected chi connectivity index (χ2v) is 3.98. The van der Waals surface area contributed by atoms with Crippen molar-refractivity contribution in [3.8, 4) is 5.75 Å². The SMILES string of the molecule is COc1cc(C)c(C(C)CC=O)c(C)c1. The lowest BCUT2D eigenvalue weighted by Gasteiger charge is -2.16. The molecule has 82 valence electrons. The third kappa shape index (κ3) is 2.58. The molecule has 0 spiro atoms. The molecule has 0 aliphatic carbocycles. The minimum absolute atomic E-state index is 0.286. The topological polar surface area (TPSA) is 26.3 Å². The zero-order chi connectivity index (χ0) is 11.4. The fourth-order valence-corrected chi connectivity index (χ4v) is 2.09. The Morgan fingerprint density at radius 2 is 1.87 bits per heavy atom. The number of hydrogen-bond acceptors (Lipinski definition) is 2. The molecule has 0 radical (unpaired) electrons. The van der Waals surface area contributed by atoms with Crippen LogP contribution >= 0.6 is 0 Å². The number of rotatable bonds is 4. The number of aryl methyl sites for hydroxylation is 2. The minimum Gasteiger partial charge on any atom is -0.497 e. The molecule has 0 aromatic heterocycles. The maximum Gasteiger partial charge on any atom is 0.120 e. The van der Waals surface area contributed by atoms with E-state index in [0.29, 0.717) is 6.42 Å². The maximum atomic E-state index is 10.5. The number of aldehydes is 1. The van der Waals surface area contributed by atoms with Crippen LogP contribution in [0.1, 0.15) is 36.0 Å². The van der Waals surface area contributed by atoms with Crippen molar-refractivity contribution in [3.05, 3.63) is 28.8 Å². The molecule has 1 aromatic carbocycles. The van der Waals surface area contributed by atoms with Crippen LogP contribution in [0.3, 0.4) is 0 Å². The first kappa shape index (κ1) is 11.8. The first-order chi connectivity index (χ1) is 7.10. The number of methoxy groups -OCH3 is 1. The van der Waals surface area contributed by atoms with Crippen molar-refractivity contribution in [2.24, 2.45) is 0 Å². The molecule has 0 heterocycles. The Morgan fingerprint density at radius 3 is 2.27 bits per heavy atom. The molecule has 0 amide bonds. The summed E-state index contributed by atoms with van der Waals surface area (Å²) in [5, 5.41) is 0. The highest BCUT2D eigenvalue weighted by molar-refractivity contribution is 5.53. The van der Waals surface area contributed by atoms with Gasteiger partial charge in [-0.1, -0.05) is 6.92 Å². The Labute approximate surface area is 91.3 Å². The smallest absolute Gasteiger partial charge is 0.120 e.